The number of halogens is 1. The second-order valence-electron chi connectivity index (χ2n) is 3.08. The van der Waals surface area contributed by atoms with E-state index >= 15 is 0 Å². The summed E-state index contributed by atoms with van der Waals surface area (Å²) in [5.74, 6) is -0.228. The fourth-order valence-electron chi connectivity index (χ4n) is 1.35. The van der Waals surface area contributed by atoms with Gasteiger partial charge in [0.25, 0.3) is 6.47 Å². The summed E-state index contributed by atoms with van der Waals surface area (Å²) in [6.45, 7) is 1.37. The highest BCUT2D eigenvalue weighted by atomic mass is 35.5. The molecule has 1 heterocycles. The molecule has 0 spiro atoms. The van der Waals surface area contributed by atoms with E-state index < -0.39 is 4.87 Å². The fourth-order valence-corrected chi connectivity index (χ4v) is 1.63. The molecule has 13 heavy (non-hydrogen) atoms. The predicted octanol–water partition coefficient (Wildman–Crippen LogP) is 0.0895. The first kappa shape index (κ1) is 10.5. The molecule has 1 rings (SSSR count). The van der Waals surface area contributed by atoms with E-state index in [2.05, 4.69) is 10.1 Å². The molecule has 0 aromatic heterocycles. The van der Waals surface area contributed by atoms with Crippen molar-refractivity contribution in [3.05, 3.63) is 0 Å². The molecular formula is C8H12ClNO3. The van der Waals surface area contributed by atoms with E-state index in [0.29, 0.717) is 13.0 Å². The van der Waals surface area contributed by atoms with Crippen LogP contribution in [-0.4, -0.2) is 36.8 Å². The first-order valence-corrected chi connectivity index (χ1v) is 4.55. The van der Waals surface area contributed by atoms with Gasteiger partial charge >= 0.3 is 0 Å². The zero-order chi connectivity index (χ0) is 9.73. The summed E-state index contributed by atoms with van der Waals surface area (Å²) in [7, 11) is 0. The lowest BCUT2D eigenvalue weighted by Gasteiger charge is -2.29. The molecule has 4 nitrogen and oxygen atoms in total. The zero-order valence-electron chi connectivity index (χ0n) is 7.22. The first-order chi connectivity index (χ1) is 6.19. The summed E-state index contributed by atoms with van der Waals surface area (Å²) < 4.78 is 4.37. The molecule has 1 aliphatic heterocycles. The first-order valence-electron chi connectivity index (χ1n) is 4.17. The summed E-state index contributed by atoms with van der Waals surface area (Å²) in [6.07, 6.45) is 1.51. The van der Waals surface area contributed by atoms with Crippen molar-refractivity contribution in [2.75, 3.05) is 19.7 Å². The van der Waals surface area contributed by atoms with Gasteiger partial charge in [-0.2, -0.15) is 0 Å². The Morgan fingerprint density at radius 3 is 3.00 bits per heavy atom. The highest BCUT2D eigenvalue weighted by molar-refractivity contribution is 6.35. The second-order valence-corrected chi connectivity index (χ2v) is 3.80. The normalized spacial score (nSPS) is 28.1. The number of ether oxygens (including phenoxy) is 1. The van der Waals surface area contributed by atoms with Gasteiger partial charge in [-0.05, 0) is 19.4 Å². The monoisotopic (exact) mass is 205 g/mol. The van der Waals surface area contributed by atoms with Crippen LogP contribution in [0.4, 0.5) is 0 Å². The number of piperidine rings is 1. The minimum atomic E-state index is -0.874. The molecule has 1 saturated heterocycles. The van der Waals surface area contributed by atoms with E-state index in [1.165, 1.54) is 0 Å². The number of nitrogens with one attached hydrogen (secondary N) is 1. The maximum absolute atomic E-state index is 11.4. The van der Waals surface area contributed by atoms with Crippen LogP contribution in [0.5, 0.6) is 0 Å². The molecule has 0 amide bonds. The van der Waals surface area contributed by atoms with E-state index in [9.17, 15) is 9.59 Å². The molecule has 5 heteroatoms. The Morgan fingerprint density at radius 2 is 2.46 bits per heavy atom. The predicted molar refractivity (Wildman–Crippen MR) is 47.7 cm³/mol. The largest absolute Gasteiger partial charge is 0.460 e. The smallest absolute Gasteiger partial charge is 0.293 e. The highest BCUT2D eigenvalue weighted by Crippen LogP contribution is 2.24. The van der Waals surface area contributed by atoms with E-state index in [4.69, 9.17) is 11.6 Å². The molecule has 1 unspecified atom stereocenters. The number of alkyl halides is 1. The van der Waals surface area contributed by atoms with Crippen LogP contribution in [0, 0.1) is 0 Å². The minimum Gasteiger partial charge on any atom is -0.460 e. The van der Waals surface area contributed by atoms with Gasteiger partial charge in [0.2, 0.25) is 0 Å². The number of carbonyl (C=O) groups excluding carboxylic acids is 2. The summed E-state index contributed by atoms with van der Waals surface area (Å²) in [5.41, 5.74) is 0. The van der Waals surface area contributed by atoms with Crippen LogP contribution in [0.1, 0.15) is 12.8 Å². The average Bonchev–Trinajstić information content (AvgIpc) is 2.15. The van der Waals surface area contributed by atoms with E-state index in [0.717, 1.165) is 13.0 Å². The van der Waals surface area contributed by atoms with E-state index in [-0.39, 0.29) is 18.9 Å². The second kappa shape index (κ2) is 4.58. The molecule has 1 fully saturated rings. The van der Waals surface area contributed by atoms with Crippen LogP contribution in [0.15, 0.2) is 0 Å². The molecule has 1 aliphatic rings. The van der Waals surface area contributed by atoms with Gasteiger partial charge in [-0.1, -0.05) is 0 Å². The van der Waals surface area contributed by atoms with Gasteiger partial charge in [-0.15, -0.1) is 11.6 Å². The van der Waals surface area contributed by atoms with Gasteiger partial charge in [0.15, 0.2) is 12.4 Å². The lowest BCUT2D eigenvalue weighted by molar-refractivity contribution is -0.137. The summed E-state index contributed by atoms with van der Waals surface area (Å²) in [4.78, 5) is 20.4. The average molecular weight is 206 g/mol. The molecule has 0 aliphatic carbocycles. The number of rotatable bonds is 4. The molecule has 1 N–H and O–H groups in total. The van der Waals surface area contributed by atoms with Gasteiger partial charge in [-0.25, -0.2) is 0 Å². The van der Waals surface area contributed by atoms with E-state index in [1.54, 1.807) is 0 Å². The third-order valence-electron chi connectivity index (χ3n) is 2.11. The van der Waals surface area contributed by atoms with Crippen LogP contribution in [0.3, 0.4) is 0 Å². The lowest BCUT2D eigenvalue weighted by atomic mass is 9.94. The molecule has 1 atom stereocenters. The molecular weight excluding hydrogens is 194 g/mol. The third-order valence-corrected chi connectivity index (χ3v) is 2.65. The minimum absolute atomic E-state index is 0.228. The third kappa shape index (κ3) is 2.67. The Labute approximate surface area is 81.6 Å². The Hall–Kier alpha value is -0.610. The van der Waals surface area contributed by atoms with Crippen LogP contribution in [0.25, 0.3) is 0 Å². The fraction of sp³-hybridized carbons (Fsp3) is 0.750. The molecule has 0 aromatic rings. The molecule has 0 saturated carbocycles. The van der Waals surface area contributed by atoms with Gasteiger partial charge in [0, 0.05) is 6.54 Å². The quantitative estimate of drug-likeness (QED) is 0.522. The molecule has 0 aromatic carbocycles. The van der Waals surface area contributed by atoms with Gasteiger partial charge in [-0.3, -0.25) is 9.59 Å². The number of hydrogen-bond acceptors (Lipinski definition) is 4. The van der Waals surface area contributed by atoms with Crippen LogP contribution in [0.2, 0.25) is 0 Å². The number of carbonyl (C=O) groups is 2. The zero-order valence-corrected chi connectivity index (χ0v) is 7.97. The standard InChI is InChI=1S/C8H12ClNO3/c9-8(2-1-3-10-5-8)7(12)4-13-6-11/h6,10H,1-5H2. The number of Topliss-reactive ketones (excluding diaryl/α,β-unsaturated/α-hetero) is 1. The molecule has 74 valence electrons. The maximum atomic E-state index is 11.4. The topological polar surface area (TPSA) is 55.4 Å². The maximum Gasteiger partial charge on any atom is 0.293 e. The van der Waals surface area contributed by atoms with Crippen LogP contribution >= 0.6 is 11.6 Å². The van der Waals surface area contributed by atoms with E-state index in [1.807, 2.05) is 0 Å². The number of ketones is 1. The van der Waals surface area contributed by atoms with Crippen molar-refractivity contribution >= 4 is 23.9 Å². The van der Waals surface area contributed by atoms with Crippen molar-refractivity contribution in [3.63, 3.8) is 0 Å². The van der Waals surface area contributed by atoms with Crippen molar-refractivity contribution in [3.8, 4) is 0 Å². The Bertz CT molecular complexity index is 202. The SMILES string of the molecule is O=COCC(=O)C1(Cl)CCCNC1. The Morgan fingerprint density at radius 1 is 1.69 bits per heavy atom. The number of hydrogen-bond donors (Lipinski definition) is 1. The summed E-state index contributed by atoms with van der Waals surface area (Å²) in [6, 6.07) is 0. The summed E-state index contributed by atoms with van der Waals surface area (Å²) in [5, 5.41) is 3.04. The van der Waals surface area contributed by atoms with Crippen LogP contribution < -0.4 is 5.32 Å². The Kier molecular flexibility index (Phi) is 3.69. The van der Waals surface area contributed by atoms with Crippen molar-refractivity contribution in [2.45, 2.75) is 17.7 Å². The lowest BCUT2D eigenvalue weighted by Crippen LogP contribution is -2.48. The van der Waals surface area contributed by atoms with Gasteiger partial charge in [0.05, 0.1) is 0 Å². The van der Waals surface area contributed by atoms with Crippen molar-refractivity contribution < 1.29 is 14.3 Å². The Balaban J connectivity index is 2.46. The van der Waals surface area contributed by atoms with Crippen molar-refractivity contribution in [1.29, 1.82) is 0 Å². The summed E-state index contributed by atoms with van der Waals surface area (Å²) >= 11 is 6.05. The van der Waals surface area contributed by atoms with Crippen LogP contribution in [-0.2, 0) is 14.3 Å². The van der Waals surface area contributed by atoms with Gasteiger partial charge < -0.3 is 10.1 Å². The molecule has 0 radical (unpaired) electrons. The molecule has 0 bridgehead atoms. The van der Waals surface area contributed by atoms with Crippen molar-refractivity contribution in [2.24, 2.45) is 0 Å². The van der Waals surface area contributed by atoms with Gasteiger partial charge in [0.1, 0.15) is 4.87 Å². The van der Waals surface area contributed by atoms with Crippen molar-refractivity contribution in [1.82, 2.24) is 5.32 Å². The highest BCUT2D eigenvalue weighted by Gasteiger charge is 2.37.